The van der Waals surface area contributed by atoms with Crippen LogP contribution >= 0.6 is 0 Å². The van der Waals surface area contributed by atoms with E-state index in [1.54, 1.807) is 43.6 Å². The Balaban J connectivity index is 2.19. The van der Waals surface area contributed by atoms with Gasteiger partial charge in [0.15, 0.2) is 0 Å². The highest BCUT2D eigenvalue weighted by atomic mass is 16.5. The zero-order valence-corrected chi connectivity index (χ0v) is 9.88. The summed E-state index contributed by atoms with van der Waals surface area (Å²) >= 11 is 0. The Morgan fingerprint density at radius 3 is 2.94 bits per heavy atom. The number of nitrogens with two attached hydrogens (primary N) is 1. The molecule has 5 nitrogen and oxygen atoms in total. The van der Waals surface area contributed by atoms with Crippen molar-refractivity contribution < 1.29 is 9.53 Å². The maximum absolute atomic E-state index is 12.0. The van der Waals surface area contributed by atoms with Crippen molar-refractivity contribution in [1.82, 2.24) is 4.98 Å². The molecule has 0 saturated heterocycles. The van der Waals surface area contributed by atoms with E-state index in [0.29, 0.717) is 22.7 Å². The van der Waals surface area contributed by atoms with Crippen LogP contribution in [0.5, 0.6) is 5.75 Å². The Kier molecular flexibility index (Phi) is 3.43. The number of amides is 1. The Labute approximate surface area is 105 Å². The molecule has 3 N–H and O–H groups in total. The number of nitrogens with zero attached hydrogens (tertiary/aromatic N) is 1. The van der Waals surface area contributed by atoms with Gasteiger partial charge in [-0.25, -0.2) is 0 Å². The van der Waals surface area contributed by atoms with Crippen LogP contribution in [0.4, 0.5) is 11.4 Å². The van der Waals surface area contributed by atoms with Crippen molar-refractivity contribution in [3.05, 3.63) is 48.3 Å². The molecule has 0 spiro atoms. The normalized spacial score (nSPS) is 9.83. The number of nitrogens with one attached hydrogen (secondary N) is 1. The van der Waals surface area contributed by atoms with Gasteiger partial charge in [-0.3, -0.25) is 9.78 Å². The molecule has 0 fully saturated rings. The van der Waals surface area contributed by atoms with Crippen LogP contribution in [0.15, 0.2) is 42.7 Å². The van der Waals surface area contributed by atoms with E-state index in [9.17, 15) is 4.79 Å². The second kappa shape index (κ2) is 5.18. The van der Waals surface area contributed by atoms with Gasteiger partial charge in [0.2, 0.25) is 0 Å². The van der Waals surface area contributed by atoms with Crippen LogP contribution in [-0.4, -0.2) is 18.0 Å². The molecular weight excluding hydrogens is 230 g/mol. The lowest BCUT2D eigenvalue weighted by Gasteiger charge is -2.08. The Morgan fingerprint density at radius 1 is 1.39 bits per heavy atom. The van der Waals surface area contributed by atoms with E-state index in [1.807, 2.05) is 0 Å². The van der Waals surface area contributed by atoms with Crippen molar-refractivity contribution in [2.24, 2.45) is 0 Å². The molecule has 0 aliphatic heterocycles. The molecule has 0 bridgehead atoms. The second-order valence-electron chi connectivity index (χ2n) is 3.65. The summed E-state index contributed by atoms with van der Waals surface area (Å²) in [5.41, 5.74) is 7.17. The van der Waals surface area contributed by atoms with E-state index in [2.05, 4.69) is 10.3 Å². The van der Waals surface area contributed by atoms with Crippen LogP contribution in [0.3, 0.4) is 0 Å². The van der Waals surface area contributed by atoms with E-state index < -0.39 is 0 Å². The molecule has 92 valence electrons. The standard InChI is InChI=1S/C13H13N3O2/c1-18-10-4-2-3-9(7-10)13(17)16-12-5-6-15-8-11(12)14/h2-8H,14H2,1H3,(H,15,16,17). The predicted octanol–water partition coefficient (Wildman–Crippen LogP) is 1.92. The number of nitrogen functional groups attached to an aromatic ring is 1. The van der Waals surface area contributed by atoms with Gasteiger partial charge in [-0.15, -0.1) is 0 Å². The number of carbonyl (C=O) groups excluding carboxylic acids is 1. The SMILES string of the molecule is COc1cccc(C(=O)Nc2ccncc2N)c1. The monoisotopic (exact) mass is 243 g/mol. The Morgan fingerprint density at radius 2 is 2.22 bits per heavy atom. The molecule has 0 radical (unpaired) electrons. The average molecular weight is 243 g/mol. The molecule has 1 amide bonds. The minimum atomic E-state index is -0.244. The van der Waals surface area contributed by atoms with Gasteiger partial charge in [-0.2, -0.15) is 0 Å². The van der Waals surface area contributed by atoms with Gasteiger partial charge < -0.3 is 15.8 Å². The number of methoxy groups -OCH3 is 1. The quantitative estimate of drug-likeness (QED) is 0.863. The molecule has 1 heterocycles. The third-order valence-corrected chi connectivity index (χ3v) is 2.43. The number of ether oxygens (including phenoxy) is 1. The van der Waals surface area contributed by atoms with Crippen LogP contribution in [0.25, 0.3) is 0 Å². The molecule has 0 saturated carbocycles. The van der Waals surface area contributed by atoms with Crippen molar-refractivity contribution in [3.63, 3.8) is 0 Å². The van der Waals surface area contributed by atoms with Gasteiger partial charge in [0.05, 0.1) is 24.7 Å². The van der Waals surface area contributed by atoms with Gasteiger partial charge >= 0.3 is 0 Å². The summed E-state index contributed by atoms with van der Waals surface area (Å²) in [7, 11) is 1.55. The molecule has 5 heteroatoms. The van der Waals surface area contributed by atoms with Gasteiger partial charge in [-0.05, 0) is 24.3 Å². The van der Waals surface area contributed by atoms with Crippen LogP contribution in [-0.2, 0) is 0 Å². The molecule has 1 aromatic heterocycles. The molecular formula is C13H13N3O2. The predicted molar refractivity (Wildman–Crippen MR) is 69.6 cm³/mol. The smallest absolute Gasteiger partial charge is 0.255 e. The van der Waals surface area contributed by atoms with Gasteiger partial charge in [-0.1, -0.05) is 6.07 Å². The summed E-state index contributed by atoms with van der Waals surface area (Å²) in [6.45, 7) is 0. The summed E-state index contributed by atoms with van der Waals surface area (Å²) < 4.78 is 5.06. The molecule has 2 rings (SSSR count). The van der Waals surface area contributed by atoms with Gasteiger partial charge in [0, 0.05) is 11.8 Å². The van der Waals surface area contributed by atoms with Crippen molar-refractivity contribution in [1.29, 1.82) is 0 Å². The van der Waals surface area contributed by atoms with E-state index in [1.165, 1.54) is 6.20 Å². The lowest BCUT2D eigenvalue weighted by molar-refractivity contribution is 0.102. The number of hydrogen-bond donors (Lipinski definition) is 2. The van der Waals surface area contributed by atoms with E-state index in [-0.39, 0.29) is 5.91 Å². The average Bonchev–Trinajstić information content (AvgIpc) is 2.41. The van der Waals surface area contributed by atoms with Crippen molar-refractivity contribution in [3.8, 4) is 5.75 Å². The molecule has 0 unspecified atom stereocenters. The fourth-order valence-electron chi connectivity index (χ4n) is 1.48. The first-order chi connectivity index (χ1) is 8.70. The maximum Gasteiger partial charge on any atom is 0.255 e. The number of pyridine rings is 1. The van der Waals surface area contributed by atoms with Crippen LogP contribution in [0.2, 0.25) is 0 Å². The van der Waals surface area contributed by atoms with E-state index in [4.69, 9.17) is 10.5 Å². The fraction of sp³-hybridized carbons (Fsp3) is 0.0769. The highest BCUT2D eigenvalue weighted by Crippen LogP contribution is 2.18. The molecule has 0 aliphatic carbocycles. The second-order valence-corrected chi connectivity index (χ2v) is 3.65. The van der Waals surface area contributed by atoms with Crippen molar-refractivity contribution in [2.45, 2.75) is 0 Å². The third-order valence-electron chi connectivity index (χ3n) is 2.43. The minimum absolute atomic E-state index is 0.244. The molecule has 0 aliphatic rings. The van der Waals surface area contributed by atoms with Crippen LogP contribution in [0, 0.1) is 0 Å². The first-order valence-corrected chi connectivity index (χ1v) is 5.35. The minimum Gasteiger partial charge on any atom is -0.497 e. The van der Waals surface area contributed by atoms with E-state index in [0.717, 1.165) is 0 Å². The maximum atomic E-state index is 12.0. The zero-order chi connectivity index (χ0) is 13.0. The van der Waals surface area contributed by atoms with Crippen molar-refractivity contribution in [2.75, 3.05) is 18.2 Å². The number of hydrogen-bond acceptors (Lipinski definition) is 4. The van der Waals surface area contributed by atoms with Gasteiger partial charge in [0.25, 0.3) is 5.91 Å². The topological polar surface area (TPSA) is 77.2 Å². The highest BCUT2D eigenvalue weighted by molar-refractivity contribution is 6.05. The first-order valence-electron chi connectivity index (χ1n) is 5.35. The van der Waals surface area contributed by atoms with Gasteiger partial charge in [0.1, 0.15) is 5.75 Å². The van der Waals surface area contributed by atoms with E-state index >= 15 is 0 Å². The summed E-state index contributed by atoms with van der Waals surface area (Å²) in [5.74, 6) is 0.386. The molecule has 1 aromatic carbocycles. The number of rotatable bonds is 3. The number of benzene rings is 1. The zero-order valence-electron chi connectivity index (χ0n) is 9.88. The summed E-state index contributed by atoms with van der Waals surface area (Å²) in [4.78, 5) is 15.8. The molecule has 18 heavy (non-hydrogen) atoms. The lowest BCUT2D eigenvalue weighted by atomic mass is 10.2. The fourth-order valence-corrected chi connectivity index (χ4v) is 1.48. The highest BCUT2D eigenvalue weighted by Gasteiger charge is 2.08. The largest absolute Gasteiger partial charge is 0.497 e. The summed E-state index contributed by atoms with van der Waals surface area (Å²) in [5, 5.41) is 2.72. The third kappa shape index (κ3) is 2.57. The lowest BCUT2D eigenvalue weighted by Crippen LogP contribution is -2.13. The number of anilines is 2. The molecule has 2 aromatic rings. The first kappa shape index (κ1) is 11.9. The Bertz CT molecular complexity index is 570. The van der Waals surface area contributed by atoms with Crippen LogP contribution in [0.1, 0.15) is 10.4 Å². The molecule has 0 atom stereocenters. The Hall–Kier alpha value is -2.56. The number of carbonyl (C=O) groups is 1. The summed E-state index contributed by atoms with van der Waals surface area (Å²) in [6.07, 6.45) is 3.05. The van der Waals surface area contributed by atoms with Crippen molar-refractivity contribution >= 4 is 17.3 Å². The van der Waals surface area contributed by atoms with Crippen LogP contribution < -0.4 is 15.8 Å². The number of aromatic nitrogens is 1. The summed E-state index contributed by atoms with van der Waals surface area (Å²) in [6, 6.07) is 8.54.